The molecular formula is C23H17ClFN5O4. The Balaban J connectivity index is 1.71. The van der Waals surface area contributed by atoms with Gasteiger partial charge in [-0.05, 0) is 54.1 Å². The van der Waals surface area contributed by atoms with Crippen LogP contribution < -0.4 is 10.1 Å². The van der Waals surface area contributed by atoms with Crippen LogP contribution in [0.4, 0.5) is 16.0 Å². The van der Waals surface area contributed by atoms with E-state index in [0.717, 1.165) is 16.3 Å². The Morgan fingerprint density at radius 1 is 1.15 bits per heavy atom. The predicted molar refractivity (Wildman–Crippen MR) is 124 cm³/mol. The monoisotopic (exact) mass is 481 g/mol. The first-order chi connectivity index (χ1) is 16.4. The first-order valence-electron chi connectivity index (χ1n) is 9.94. The summed E-state index contributed by atoms with van der Waals surface area (Å²) in [5.74, 6) is -0.0111. The standard InChI is InChI=1S/C23H17ClFN5O4/c1-34-18-9-4-15(5-10-18)21-27-23(26-13-14-2-7-17(25)8-3-14)29(28-21)22(31)16-6-11-19(24)20(12-16)30(32)33/h2-12H,13H2,1H3,(H,26,27,28). The van der Waals surface area contributed by atoms with Gasteiger partial charge in [0.05, 0.1) is 12.0 Å². The zero-order valence-electron chi connectivity index (χ0n) is 17.7. The van der Waals surface area contributed by atoms with Crippen LogP contribution in [-0.4, -0.2) is 32.7 Å². The number of nitro groups is 1. The van der Waals surface area contributed by atoms with Crippen molar-refractivity contribution in [3.8, 4) is 17.1 Å². The number of rotatable bonds is 7. The molecule has 0 unspecified atom stereocenters. The predicted octanol–water partition coefficient (Wildman–Crippen LogP) is 4.96. The lowest BCUT2D eigenvalue weighted by Gasteiger charge is -2.08. The van der Waals surface area contributed by atoms with Crippen LogP contribution in [0.25, 0.3) is 11.4 Å². The molecule has 9 nitrogen and oxygen atoms in total. The minimum Gasteiger partial charge on any atom is -0.497 e. The molecule has 0 spiro atoms. The SMILES string of the molecule is COc1ccc(-c2nc(NCc3ccc(F)cc3)n(C(=O)c3ccc(Cl)c([N+](=O)[O-])c3)n2)cc1. The van der Waals surface area contributed by atoms with E-state index in [2.05, 4.69) is 15.4 Å². The number of hydrogen-bond donors (Lipinski definition) is 1. The van der Waals surface area contributed by atoms with Gasteiger partial charge in [0.1, 0.15) is 16.6 Å². The number of halogens is 2. The third kappa shape index (κ3) is 4.86. The fourth-order valence-corrected chi connectivity index (χ4v) is 3.31. The van der Waals surface area contributed by atoms with Crippen molar-refractivity contribution in [1.82, 2.24) is 14.8 Å². The summed E-state index contributed by atoms with van der Waals surface area (Å²) < 4.78 is 19.4. The van der Waals surface area contributed by atoms with Crippen LogP contribution in [-0.2, 0) is 6.54 Å². The van der Waals surface area contributed by atoms with E-state index in [1.54, 1.807) is 43.5 Å². The number of carbonyl (C=O) groups excluding carboxylic acids is 1. The average Bonchev–Trinajstić information content (AvgIpc) is 3.27. The first kappa shape index (κ1) is 22.9. The minimum atomic E-state index is -0.670. The highest BCUT2D eigenvalue weighted by Gasteiger charge is 2.22. The summed E-state index contributed by atoms with van der Waals surface area (Å²) >= 11 is 5.87. The zero-order valence-corrected chi connectivity index (χ0v) is 18.5. The molecule has 0 amide bonds. The molecule has 3 aromatic carbocycles. The van der Waals surface area contributed by atoms with Crippen LogP contribution >= 0.6 is 11.6 Å². The van der Waals surface area contributed by atoms with Gasteiger partial charge in [0.15, 0.2) is 5.82 Å². The van der Waals surface area contributed by atoms with Gasteiger partial charge in [-0.25, -0.2) is 4.39 Å². The quantitative estimate of drug-likeness (QED) is 0.293. The molecule has 0 saturated heterocycles. The summed E-state index contributed by atoms with van der Waals surface area (Å²) in [5, 5.41) is 18.5. The third-order valence-electron chi connectivity index (χ3n) is 4.90. The van der Waals surface area contributed by atoms with E-state index in [1.807, 2.05) is 0 Å². The molecule has 4 aromatic rings. The van der Waals surface area contributed by atoms with Crippen molar-refractivity contribution in [3.05, 3.63) is 98.8 Å². The van der Waals surface area contributed by atoms with Gasteiger partial charge in [0.2, 0.25) is 5.95 Å². The summed E-state index contributed by atoms with van der Waals surface area (Å²) in [4.78, 5) is 28.3. The van der Waals surface area contributed by atoms with Gasteiger partial charge in [0, 0.05) is 23.7 Å². The maximum absolute atomic E-state index is 13.2. The summed E-state index contributed by atoms with van der Waals surface area (Å²) in [6, 6.07) is 16.5. The smallest absolute Gasteiger partial charge is 0.288 e. The molecule has 0 saturated carbocycles. The van der Waals surface area contributed by atoms with Gasteiger partial charge < -0.3 is 10.1 Å². The molecule has 0 bridgehead atoms. The molecule has 0 fully saturated rings. The fourth-order valence-electron chi connectivity index (χ4n) is 3.12. The van der Waals surface area contributed by atoms with E-state index in [1.165, 1.54) is 24.3 Å². The lowest BCUT2D eigenvalue weighted by molar-refractivity contribution is -0.384. The van der Waals surface area contributed by atoms with Crippen molar-refractivity contribution < 1.29 is 18.8 Å². The molecule has 0 radical (unpaired) electrons. The second-order valence-corrected chi connectivity index (χ2v) is 7.51. The highest BCUT2D eigenvalue weighted by atomic mass is 35.5. The van der Waals surface area contributed by atoms with Crippen LogP contribution in [0, 0.1) is 15.9 Å². The van der Waals surface area contributed by atoms with Crippen LogP contribution in [0.3, 0.4) is 0 Å². The van der Waals surface area contributed by atoms with Crippen LogP contribution in [0.15, 0.2) is 66.7 Å². The maximum Gasteiger partial charge on any atom is 0.288 e. The molecular weight excluding hydrogens is 465 g/mol. The Kier molecular flexibility index (Phi) is 6.51. The van der Waals surface area contributed by atoms with Crippen LogP contribution in [0.1, 0.15) is 15.9 Å². The molecule has 0 aliphatic carbocycles. The summed E-state index contributed by atoms with van der Waals surface area (Å²) in [6.45, 7) is 0.231. The first-order valence-corrected chi connectivity index (χ1v) is 10.3. The van der Waals surface area contributed by atoms with Crippen molar-refractivity contribution >= 4 is 29.1 Å². The molecule has 34 heavy (non-hydrogen) atoms. The number of methoxy groups -OCH3 is 1. The summed E-state index contributed by atoms with van der Waals surface area (Å²) in [6.07, 6.45) is 0. The molecule has 172 valence electrons. The Hall–Kier alpha value is -4.31. The van der Waals surface area contributed by atoms with E-state index in [9.17, 15) is 19.3 Å². The van der Waals surface area contributed by atoms with Crippen LogP contribution in [0.5, 0.6) is 5.75 Å². The van der Waals surface area contributed by atoms with E-state index in [0.29, 0.717) is 11.3 Å². The lowest BCUT2D eigenvalue weighted by Crippen LogP contribution is -2.17. The van der Waals surface area contributed by atoms with Gasteiger partial charge in [-0.15, -0.1) is 5.10 Å². The topological polar surface area (TPSA) is 112 Å². The molecule has 1 aromatic heterocycles. The van der Waals surface area contributed by atoms with Crippen molar-refractivity contribution in [2.75, 3.05) is 12.4 Å². The van der Waals surface area contributed by atoms with Crippen molar-refractivity contribution in [1.29, 1.82) is 0 Å². The Bertz CT molecular complexity index is 1360. The Morgan fingerprint density at radius 2 is 1.85 bits per heavy atom. The molecule has 1 N–H and O–H groups in total. The number of aromatic nitrogens is 3. The number of nitrogens with one attached hydrogen (secondary N) is 1. The van der Waals surface area contributed by atoms with Gasteiger partial charge in [0.25, 0.3) is 11.6 Å². The fraction of sp³-hybridized carbons (Fsp3) is 0.0870. The van der Waals surface area contributed by atoms with Gasteiger partial charge in [-0.1, -0.05) is 23.7 Å². The van der Waals surface area contributed by atoms with E-state index in [4.69, 9.17) is 16.3 Å². The highest BCUT2D eigenvalue weighted by Crippen LogP contribution is 2.27. The number of nitrogens with zero attached hydrogens (tertiary/aromatic N) is 4. The van der Waals surface area contributed by atoms with Gasteiger partial charge in [-0.3, -0.25) is 14.9 Å². The zero-order chi connectivity index (χ0) is 24.2. The average molecular weight is 482 g/mol. The number of carbonyl (C=O) groups is 1. The molecule has 0 aliphatic rings. The second-order valence-electron chi connectivity index (χ2n) is 7.11. The molecule has 11 heteroatoms. The van der Waals surface area contributed by atoms with Crippen molar-refractivity contribution in [3.63, 3.8) is 0 Å². The Morgan fingerprint density at radius 3 is 2.50 bits per heavy atom. The highest BCUT2D eigenvalue weighted by molar-refractivity contribution is 6.32. The van der Waals surface area contributed by atoms with Crippen LogP contribution in [0.2, 0.25) is 5.02 Å². The minimum absolute atomic E-state index is 0.00659. The maximum atomic E-state index is 13.2. The molecule has 1 heterocycles. The Labute approximate surface area is 197 Å². The van der Waals surface area contributed by atoms with Gasteiger partial charge >= 0.3 is 0 Å². The number of benzene rings is 3. The van der Waals surface area contributed by atoms with Gasteiger partial charge in [-0.2, -0.15) is 9.67 Å². The molecule has 4 rings (SSSR count). The summed E-state index contributed by atoms with van der Waals surface area (Å²) in [7, 11) is 1.55. The number of anilines is 1. The van der Waals surface area contributed by atoms with E-state index >= 15 is 0 Å². The largest absolute Gasteiger partial charge is 0.497 e. The number of hydrogen-bond acceptors (Lipinski definition) is 7. The summed E-state index contributed by atoms with van der Waals surface area (Å²) in [5.41, 5.74) is 0.978. The van der Waals surface area contributed by atoms with E-state index < -0.39 is 16.5 Å². The molecule has 0 atom stereocenters. The third-order valence-corrected chi connectivity index (χ3v) is 5.22. The normalized spacial score (nSPS) is 10.7. The second kappa shape index (κ2) is 9.67. The van der Waals surface area contributed by atoms with Crippen molar-refractivity contribution in [2.45, 2.75) is 6.54 Å². The van der Waals surface area contributed by atoms with E-state index in [-0.39, 0.29) is 34.7 Å². The number of ether oxygens (including phenoxy) is 1. The number of nitro benzene ring substituents is 1. The molecule has 0 aliphatic heterocycles. The van der Waals surface area contributed by atoms with Crippen molar-refractivity contribution in [2.24, 2.45) is 0 Å². The lowest BCUT2D eigenvalue weighted by atomic mass is 10.2.